The molecule has 218 valence electrons. The molecular formula is C31H43N3O6. The smallest absolute Gasteiger partial charge is 0.336 e. The van der Waals surface area contributed by atoms with Gasteiger partial charge in [-0.2, -0.15) is 0 Å². The number of aryl methyl sites for hydroxylation is 1. The van der Waals surface area contributed by atoms with Crippen LogP contribution in [0.25, 0.3) is 0 Å². The van der Waals surface area contributed by atoms with Crippen molar-refractivity contribution in [1.82, 2.24) is 9.80 Å². The van der Waals surface area contributed by atoms with E-state index in [1.807, 2.05) is 60.4 Å². The highest BCUT2D eigenvalue weighted by Crippen LogP contribution is 2.25. The fourth-order valence-electron chi connectivity index (χ4n) is 5.45. The van der Waals surface area contributed by atoms with E-state index in [-0.39, 0.29) is 24.8 Å². The van der Waals surface area contributed by atoms with Crippen LogP contribution in [0.4, 0.5) is 10.5 Å². The molecule has 4 rings (SSSR count). The summed E-state index contributed by atoms with van der Waals surface area (Å²) in [6.07, 6.45) is 4.61. The molecule has 2 aromatic carbocycles. The molecule has 2 aromatic rings. The minimum atomic E-state index is -0.924. The van der Waals surface area contributed by atoms with Crippen molar-refractivity contribution in [2.24, 2.45) is 0 Å². The zero-order chi connectivity index (χ0) is 28.2. The van der Waals surface area contributed by atoms with Crippen LogP contribution in [0.3, 0.4) is 0 Å². The van der Waals surface area contributed by atoms with Crippen LogP contribution in [0.5, 0.6) is 0 Å². The first-order valence-corrected chi connectivity index (χ1v) is 14.5. The van der Waals surface area contributed by atoms with Gasteiger partial charge in [0, 0.05) is 38.4 Å². The van der Waals surface area contributed by atoms with Crippen molar-refractivity contribution in [3.05, 3.63) is 65.2 Å². The predicted molar refractivity (Wildman–Crippen MR) is 154 cm³/mol. The second-order valence-corrected chi connectivity index (χ2v) is 10.6. The number of carbonyl (C=O) groups is 2. The van der Waals surface area contributed by atoms with Gasteiger partial charge in [0.15, 0.2) is 0 Å². The van der Waals surface area contributed by atoms with Gasteiger partial charge in [0.05, 0.1) is 44.2 Å². The molecule has 40 heavy (non-hydrogen) atoms. The summed E-state index contributed by atoms with van der Waals surface area (Å²) in [4.78, 5) is 29.0. The van der Waals surface area contributed by atoms with Gasteiger partial charge in [0.1, 0.15) is 0 Å². The maximum absolute atomic E-state index is 13.1. The number of rotatable bonds is 13. The third-order valence-electron chi connectivity index (χ3n) is 7.66. The highest BCUT2D eigenvalue weighted by molar-refractivity contribution is 5.91. The van der Waals surface area contributed by atoms with Crippen LogP contribution in [0.1, 0.15) is 53.6 Å². The zero-order valence-corrected chi connectivity index (χ0v) is 23.6. The summed E-state index contributed by atoms with van der Waals surface area (Å²) in [6, 6.07) is 14.9. The molecule has 0 spiro atoms. The van der Waals surface area contributed by atoms with Crippen molar-refractivity contribution in [2.45, 2.75) is 57.8 Å². The van der Waals surface area contributed by atoms with Gasteiger partial charge in [0.25, 0.3) is 0 Å². The minimum absolute atomic E-state index is 0.0203. The largest absolute Gasteiger partial charge is 0.478 e. The lowest BCUT2D eigenvalue weighted by molar-refractivity contribution is -0.0523. The average Bonchev–Trinajstić information content (AvgIpc) is 2.96. The van der Waals surface area contributed by atoms with Crippen molar-refractivity contribution in [2.75, 3.05) is 57.9 Å². The highest BCUT2D eigenvalue weighted by Gasteiger charge is 2.25. The monoisotopic (exact) mass is 553 g/mol. The number of morpholine rings is 1. The number of aromatic carboxylic acids is 1. The summed E-state index contributed by atoms with van der Waals surface area (Å²) in [6.45, 7) is 8.04. The summed E-state index contributed by atoms with van der Waals surface area (Å²) >= 11 is 0. The van der Waals surface area contributed by atoms with Gasteiger partial charge in [-0.25, -0.2) is 9.59 Å². The predicted octanol–water partition coefficient (Wildman–Crippen LogP) is 4.79. The average molecular weight is 554 g/mol. The third kappa shape index (κ3) is 9.30. The van der Waals surface area contributed by atoms with Crippen molar-refractivity contribution in [3.8, 4) is 0 Å². The number of carbonyl (C=O) groups excluding carboxylic acids is 1. The Balaban J connectivity index is 1.25. The van der Waals surface area contributed by atoms with Gasteiger partial charge in [0.2, 0.25) is 0 Å². The lowest BCUT2D eigenvalue weighted by atomic mass is 9.94. The molecule has 2 amide bonds. The van der Waals surface area contributed by atoms with Crippen LogP contribution in [-0.2, 0) is 20.8 Å². The Hall–Kier alpha value is -2.98. The summed E-state index contributed by atoms with van der Waals surface area (Å²) in [5.41, 5.74) is 2.55. The fraction of sp³-hybridized carbons (Fsp3) is 0.548. The van der Waals surface area contributed by atoms with E-state index in [4.69, 9.17) is 14.2 Å². The van der Waals surface area contributed by atoms with Gasteiger partial charge in [-0.3, -0.25) is 4.90 Å². The molecule has 9 heteroatoms. The Morgan fingerprint density at radius 2 is 1.77 bits per heavy atom. The number of hydrogen-bond acceptors (Lipinski definition) is 6. The number of ether oxygens (including phenoxy) is 3. The summed E-state index contributed by atoms with van der Waals surface area (Å²) in [7, 11) is 0. The van der Waals surface area contributed by atoms with E-state index in [9.17, 15) is 14.7 Å². The van der Waals surface area contributed by atoms with Crippen LogP contribution < -0.4 is 5.32 Å². The molecule has 1 saturated carbocycles. The first-order chi connectivity index (χ1) is 19.5. The van der Waals surface area contributed by atoms with Crippen LogP contribution in [0, 0.1) is 6.92 Å². The molecule has 9 nitrogen and oxygen atoms in total. The Morgan fingerprint density at radius 3 is 2.52 bits per heavy atom. The van der Waals surface area contributed by atoms with E-state index in [1.54, 1.807) is 0 Å². The van der Waals surface area contributed by atoms with E-state index >= 15 is 0 Å². The molecule has 0 aromatic heterocycles. The molecule has 1 heterocycles. The molecule has 0 radical (unpaired) electrons. The Kier molecular flexibility index (Phi) is 11.8. The van der Waals surface area contributed by atoms with Gasteiger partial charge >= 0.3 is 12.0 Å². The SMILES string of the molecule is Cc1cccc(CO[C@@H]2CCC[C@H](OCCN(CCCN3CCOCC3)C(=O)Nc3ccccc3)C2)c1C(=O)O. The van der Waals surface area contributed by atoms with Gasteiger partial charge < -0.3 is 29.5 Å². The molecule has 2 N–H and O–H groups in total. The van der Waals surface area contributed by atoms with Crippen molar-refractivity contribution >= 4 is 17.7 Å². The van der Waals surface area contributed by atoms with Gasteiger partial charge in [-0.15, -0.1) is 0 Å². The van der Waals surface area contributed by atoms with Crippen molar-refractivity contribution < 1.29 is 28.9 Å². The lowest BCUT2D eigenvalue weighted by Gasteiger charge is -2.31. The number of carboxylic acids is 1. The van der Waals surface area contributed by atoms with E-state index in [2.05, 4.69) is 10.2 Å². The van der Waals surface area contributed by atoms with E-state index in [0.29, 0.717) is 30.8 Å². The number of anilines is 1. The second kappa shape index (κ2) is 15.7. The molecule has 1 aliphatic carbocycles. The number of para-hydroxylation sites is 1. The zero-order valence-electron chi connectivity index (χ0n) is 23.6. The maximum atomic E-state index is 13.1. The Morgan fingerprint density at radius 1 is 1.02 bits per heavy atom. The highest BCUT2D eigenvalue weighted by atomic mass is 16.5. The first-order valence-electron chi connectivity index (χ1n) is 14.5. The van der Waals surface area contributed by atoms with Crippen LogP contribution in [0.2, 0.25) is 0 Å². The molecular weight excluding hydrogens is 510 g/mol. The van der Waals surface area contributed by atoms with Crippen LogP contribution in [0.15, 0.2) is 48.5 Å². The van der Waals surface area contributed by atoms with Crippen LogP contribution in [-0.4, -0.2) is 91.7 Å². The quantitative estimate of drug-likeness (QED) is 0.368. The Labute approximate surface area is 237 Å². The van der Waals surface area contributed by atoms with Gasteiger partial charge in [-0.1, -0.05) is 36.4 Å². The molecule has 0 unspecified atom stereocenters. The standard InChI is InChI=1S/C31H43N3O6/c1-24-8-5-9-25(29(24)30(35)36)23-40-28-13-6-12-27(22-28)39-21-18-34(15-7-14-33-16-19-38-20-17-33)31(37)32-26-10-3-2-4-11-26/h2-5,8-11,27-28H,6-7,12-23H2,1H3,(H,32,37)(H,35,36)/t27-,28+/m0/s1. The Bertz CT molecular complexity index is 1080. The molecule has 2 aliphatic rings. The number of nitrogens with zero attached hydrogens (tertiary/aromatic N) is 2. The molecule has 2 atom stereocenters. The second-order valence-electron chi connectivity index (χ2n) is 10.6. The number of benzene rings is 2. The molecule has 0 bridgehead atoms. The number of urea groups is 1. The number of hydrogen-bond donors (Lipinski definition) is 2. The topological polar surface area (TPSA) is 101 Å². The van der Waals surface area contributed by atoms with E-state index < -0.39 is 5.97 Å². The lowest BCUT2D eigenvalue weighted by Crippen LogP contribution is -2.41. The number of nitrogens with one attached hydrogen (secondary N) is 1. The maximum Gasteiger partial charge on any atom is 0.336 e. The minimum Gasteiger partial charge on any atom is -0.478 e. The van der Waals surface area contributed by atoms with E-state index in [0.717, 1.165) is 76.2 Å². The molecule has 1 saturated heterocycles. The van der Waals surface area contributed by atoms with E-state index in [1.165, 1.54) is 0 Å². The first kappa shape index (κ1) is 30.0. The van der Waals surface area contributed by atoms with Crippen LogP contribution >= 0.6 is 0 Å². The summed E-state index contributed by atoms with van der Waals surface area (Å²) in [5.74, 6) is -0.924. The van der Waals surface area contributed by atoms with Crippen molar-refractivity contribution in [3.63, 3.8) is 0 Å². The summed E-state index contributed by atoms with van der Waals surface area (Å²) in [5, 5.41) is 12.6. The molecule has 2 fully saturated rings. The summed E-state index contributed by atoms with van der Waals surface area (Å²) < 4.78 is 17.8. The third-order valence-corrected chi connectivity index (χ3v) is 7.66. The van der Waals surface area contributed by atoms with Crippen molar-refractivity contribution in [1.29, 1.82) is 0 Å². The number of carboxylic acid groups (broad SMARTS) is 1. The molecule has 1 aliphatic heterocycles. The number of amides is 2. The normalized spacial score (nSPS) is 19.7. The fourth-order valence-corrected chi connectivity index (χ4v) is 5.45. The van der Waals surface area contributed by atoms with Gasteiger partial charge in [-0.05, 0) is 62.3 Å².